The van der Waals surface area contributed by atoms with Gasteiger partial charge in [-0.2, -0.15) is 0 Å². The Kier molecular flexibility index (Phi) is 5.15. The highest BCUT2D eigenvalue weighted by Crippen LogP contribution is 2.35. The quantitative estimate of drug-likeness (QED) is 0.583. The largest absolute Gasteiger partial charge is 0.467 e. The summed E-state index contributed by atoms with van der Waals surface area (Å²) in [5.41, 5.74) is 2.81. The number of rotatable bonds is 8. The van der Waals surface area contributed by atoms with Crippen LogP contribution in [0.4, 0.5) is 0 Å². The van der Waals surface area contributed by atoms with Crippen molar-refractivity contribution in [2.75, 3.05) is 19.9 Å². The van der Waals surface area contributed by atoms with Gasteiger partial charge in [-0.25, -0.2) is 0 Å². The summed E-state index contributed by atoms with van der Waals surface area (Å²) in [5, 5.41) is 3.66. The minimum absolute atomic E-state index is 0.389. The van der Waals surface area contributed by atoms with Crippen molar-refractivity contribution in [2.45, 2.75) is 51.5 Å². The van der Waals surface area contributed by atoms with Crippen molar-refractivity contribution in [1.82, 2.24) is 5.32 Å². The fourth-order valence-electron chi connectivity index (χ4n) is 3.09. The molecule has 1 unspecified atom stereocenters. The normalized spacial score (nSPS) is 21.1. The molecule has 0 aromatic heterocycles. The molecule has 0 heterocycles. The molecule has 116 valence electrons. The van der Waals surface area contributed by atoms with E-state index in [-0.39, 0.29) is 0 Å². The molecule has 2 aliphatic carbocycles. The molecule has 0 bridgehead atoms. The molecule has 21 heavy (non-hydrogen) atoms. The molecule has 0 spiro atoms. The summed E-state index contributed by atoms with van der Waals surface area (Å²) in [5.74, 6) is 1.81. The second-order valence-corrected chi connectivity index (χ2v) is 6.30. The van der Waals surface area contributed by atoms with Crippen molar-refractivity contribution in [3.05, 3.63) is 29.3 Å². The molecular formula is C18H27NO2. The number of hydrogen-bond acceptors (Lipinski definition) is 3. The number of benzene rings is 1. The van der Waals surface area contributed by atoms with Gasteiger partial charge in [0.2, 0.25) is 0 Å². The third kappa shape index (κ3) is 3.98. The molecule has 1 fully saturated rings. The molecule has 2 aliphatic rings. The van der Waals surface area contributed by atoms with E-state index < -0.39 is 0 Å². The Morgan fingerprint density at radius 3 is 2.95 bits per heavy atom. The highest BCUT2D eigenvalue weighted by atomic mass is 16.7. The van der Waals surface area contributed by atoms with Gasteiger partial charge in [0.05, 0.1) is 6.61 Å². The van der Waals surface area contributed by atoms with Gasteiger partial charge in [0.1, 0.15) is 5.75 Å². The Balaban J connectivity index is 1.61. The lowest BCUT2D eigenvalue weighted by Crippen LogP contribution is -2.26. The summed E-state index contributed by atoms with van der Waals surface area (Å²) >= 11 is 0. The second-order valence-electron chi connectivity index (χ2n) is 6.30. The molecule has 0 amide bonds. The number of nitrogens with one attached hydrogen (secondary N) is 1. The molecule has 1 aromatic rings. The second kappa shape index (κ2) is 7.28. The molecule has 0 radical (unpaired) electrons. The van der Waals surface area contributed by atoms with E-state index in [9.17, 15) is 0 Å². The molecule has 0 aliphatic heterocycles. The summed E-state index contributed by atoms with van der Waals surface area (Å²) in [6.07, 6.45) is 7.42. The van der Waals surface area contributed by atoms with Crippen LogP contribution < -0.4 is 10.1 Å². The predicted molar refractivity (Wildman–Crippen MR) is 84.6 cm³/mol. The van der Waals surface area contributed by atoms with Crippen LogP contribution in [0.5, 0.6) is 5.75 Å². The lowest BCUT2D eigenvalue weighted by Gasteiger charge is -2.28. The summed E-state index contributed by atoms with van der Waals surface area (Å²) < 4.78 is 11.5. The van der Waals surface area contributed by atoms with Crippen molar-refractivity contribution in [3.63, 3.8) is 0 Å². The molecule has 1 saturated carbocycles. The van der Waals surface area contributed by atoms with Crippen LogP contribution in [-0.2, 0) is 11.2 Å². The van der Waals surface area contributed by atoms with E-state index in [1.54, 1.807) is 0 Å². The topological polar surface area (TPSA) is 30.5 Å². The van der Waals surface area contributed by atoms with Gasteiger partial charge in [0.15, 0.2) is 6.79 Å². The SMILES string of the molecule is CCCNC1CCCc2c(OCOCC3CC3)cccc21. The van der Waals surface area contributed by atoms with Crippen molar-refractivity contribution in [2.24, 2.45) is 5.92 Å². The van der Waals surface area contributed by atoms with Crippen LogP contribution in [0.3, 0.4) is 0 Å². The van der Waals surface area contributed by atoms with Gasteiger partial charge >= 0.3 is 0 Å². The van der Waals surface area contributed by atoms with E-state index in [4.69, 9.17) is 9.47 Å². The van der Waals surface area contributed by atoms with E-state index >= 15 is 0 Å². The standard InChI is InChI=1S/C18H27NO2/c1-2-11-19-17-7-3-6-16-15(17)5-4-8-18(16)21-13-20-12-14-9-10-14/h4-5,8,14,17,19H,2-3,6-7,9-13H2,1H3. The molecule has 1 N–H and O–H groups in total. The van der Waals surface area contributed by atoms with Crippen LogP contribution in [-0.4, -0.2) is 19.9 Å². The van der Waals surface area contributed by atoms with Crippen LogP contribution in [0.1, 0.15) is 56.2 Å². The van der Waals surface area contributed by atoms with E-state index in [0.29, 0.717) is 12.8 Å². The average Bonchev–Trinajstić information content (AvgIpc) is 3.34. The fourth-order valence-corrected chi connectivity index (χ4v) is 3.09. The van der Waals surface area contributed by atoms with Crippen molar-refractivity contribution >= 4 is 0 Å². The average molecular weight is 289 g/mol. The van der Waals surface area contributed by atoms with Gasteiger partial charge < -0.3 is 14.8 Å². The zero-order valence-corrected chi connectivity index (χ0v) is 13.1. The number of hydrogen-bond donors (Lipinski definition) is 1. The van der Waals surface area contributed by atoms with Crippen molar-refractivity contribution in [3.8, 4) is 5.75 Å². The fraction of sp³-hybridized carbons (Fsp3) is 0.667. The van der Waals surface area contributed by atoms with Crippen molar-refractivity contribution < 1.29 is 9.47 Å². The maximum absolute atomic E-state index is 5.89. The lowest BCUT2D eigenvalue weighted by molar-refractivity contribution is 0.00930. The lowest BCUT2D eigenvalue weighted by atomic mass is 9.87. The highest BCUT2D eigenvalue weighted by Gasteiger charge is 2.23. The molecule has 1 aromatic carbocycles. The van der Waals surface area contributed by atoms with E-state index in [2.05, 4.69) is 30.4 Å². The van der Waals surface area contributed by atoms with E-state index in [1.807, 2.05) is 0 Å². The van der Waals surface area contributed by atoms with Gasteiger partial charge in [-0.1, -0.05) is 19.1 Å². The maximum Gasteiger partial charge on any atom is 0.189 e. The Morgan fingerprint density at radius 1 is 1.24 bits per heavy atom. The van der Waals surface area contributed by atoms with E-state index in [1.165, 1.54) is 43.2 Å². The molecular weight excluding hydrogens is 262 g/mol. The van der Waals surface area contributed by atoms with Gasteiger partial charge in [0.25, 0.3) is 0 Å². The van der Waals surface area contributed by atoms with Gasteiger partial charge in [-0.05, 0) is 68.2 Å². The van der Waals surface area contributed by atoms with Crippen LogP contribution in [0.25, 0.3) is 0 Å². The summed E-state index contributed by atoms with van der Waals surface area (Å²) in [6.45, 7) is 4.54. The first-order valence-corrected chi connectivity index (χ1v) is 8.44. The monoisotopic (exact) mass is 289 g/mol. The van der Waals surface area contributed by atoms with Gasteiger partial charge in [-0.3, -0.25) is 0 Å². The van der Waals surface area contributed by atoms with Crippen molar-refractivity contribution in [1.29, 1.82) is 0 Å². The minimum Gasteiger partial charge on any atom is -0.467 e. The Labute approximate surface area is 128 Å². The van der Waals surface area contributed by atoms with Crippen LogP contribution >= 0.6 is 0 Å². The maximum atomic E-state index is 5.89. The van der Waals surface area contributed by atoms with Gasteiger partial charge in [0, 0.05) is 6.04 Å². The molecule has 3 nitrogen and oxygen atoms in total. The predicted octanol–water partition coefficient (Wildman–Crippen LogP) is 3.83. The van der Waals surface area contributed by atoms with Gasteiger partial charge in [-0.15, -0.1) is 0 Å². The Hall–Kier alpha value is -1.06. The molecule has 3 heteroatoms. The molecule has 0 saturated heterocycles. The summed E-state index contributed by atoms with van der Waals surface area (Å²) in [4.78, 5) is 0. The first kappa shape index (κ1) is 14.9. The summed E-state index contributed by atoms with van der Waals surface area (Å²) in [7, 11) is 0. The van der Waals surface area contributed by atoms with Crippen LogP contribution in [0, 0.1) is 5.92 Å². The van der Waals surface area contributed by atoms with Crippen LogP contribution in [0.2, 0.25) is 0 Å². The first-order chi connectivity index (χ1) is 10.4. The smallest absolute Gasteiger partial charge is 0.189 e. The Morgan fingerprint density at radius 2 is 2.14 bits per heavy atom. The zero-order valence-electron chi connectivity index (χ0n) is 13.1. The first-order valence-electron chi connectivity index (χ1n) is 8.44. The highest BCUT2D eigenvalue weighted by molar-refractivity contribution is 5.43. The van der Waals surface area contributed by atoms with Crippen LogP contribution in [0.15, 0.2) is 18.2 Å². The summed E-state index contributed by atoms with van der Waals surface area (Å²) in [6, 6.07) is 6.94. The third-order valence-corrected chi connectivity index (χ3v) is 4.45. The molecule has 3 rings (SSSR count). The molecule has 1 atom stereocenters. The zero-order chi connectivity index (χ0) is 14.5. The number of fused-ring (bicyclic) bond motifs is 1. The number of ether oxygens (including phenoxy) is 2. The van der Waals surface area contributed by atoms with E-state index in [0.717, 1.165) is 31.2 Å². The minimum atomic E-state index is 0.389. The Bertz CT molecular complexity index is 457. The third-order valence-electron chi connectivity index (χ3n) is 4.45.